The van der Waals surface area contributed by atoms with Gasteiger partial charge in [-0.05, 0) is 19.1 Å². The summed E-state index contributed by atoms with van der Waals surface area (Å²) >= 11 is 0. The number of rotatable bonds is 1. The average Bonchev–Trinajstić information content (AvgIpc) is 2.91. The zero-order valence-electron chi connectivity index (χ0n) is 11.9. The van der Waals surface area contributed by atoms with Crippen LogP contribution < -0.4 is 0 Å². The van der Waals surface area contributed by atoms with Gasteiger partial charge in [-0.25, -0.2) is 4.98 Å². The molecule has 4 nitrogen and oxygen atoms in total. The van der Waals surface area contributed by atoms with E-state index < -0.39 is 11.6 Å². The van der Waals surface area contributed by atoms with Crippen LogP contribution in [0.1, 0.15) is 26.7 Å². The molecule has 0 saturated carbocycles. The van der Waals surface area contributed by atoms with Crippen LogP contribution in [0.15, 0.2) is 54.6 Å². The van der Waals surface area contributed by atoms with Gasteiger partial charge in [-0.3, -0.25) is 14.2 Å². The van der Waals surface area contributed by atoms with Gasteiger partial charge in [-0.1, -0.05) is 42.5 Å². The SMILES string of the molecule is Cc1nc2c(n1-c1ccccc1)-c1ccccc1C(=O)C2=O. The lowest BCUT2D eigenvalue weighted by Gasteiger charge is -2.17. The largest absolute Gasteiger partial charge is 0.296 e. The molecule has 0 bridgehead atoms. The van der Waals surface area contributed by atoms with E-state index in [0.717, 1.165) is 11.3 Å². The van der Waals surface area contributed by atoms with Crippen molar-refractivity contribution in [2.75, 3.05) is 0 Å². The molecule has 0 spiro atoms. The number of ketones is 2. The van der Waals surface area contributed by atoms with E-state index in [-0.39, 0.29) is 5.69 Å². The number of benzene rings is 2. The Bertz CT molecular complexity index is 924. The maximum Gasteiger partial charge on any atom is 0.254 e. The molecular weight excluding hydrogens is 276 g/mol. The van der Waals surface area contributed by atoms with Crippen molar-refractivity contribution in [3.63, 3.8) is 0 Å². The number of aromatic nitrogens is 2. The molecule has 0 atom stereocenters. The minimum absolute atomic E-state index is 0.241. The fourth-order valence-electron chi connectivity index (χ4n) is 2.95. The first-order valence-corrected chi connectivity index (χ1v) is 7.01. The molecule has 106 valence electrons. The summed E-state index contributed by atoms with van der Waals surface area (Å²) in [6.45, 7) is 1.84. The van der Waals surface area contributed by atoms with Crippen LogP contribution >= 0.6 is 0 Å². The summed E-state index contributed by atoms with van der Waals surface area (Å²) in [5.74, 6) is -0.332. The molecule has 3 aromatic rings. The maximum absolute atomic E-state index is 12.4. The Morgan fingerprint density at radius 2 is 1.45 bits per heavy atom. The van der Waals surface area contributed by atoms with E-state index in [4.69, 9.17) is 0 Å². The highest BCUT2D eigenvalue weighted by Crippen LogP contribution is 2.35. The molecule has 4 heteroatoms. The third kappa shape index (κ3) is 1.61. The fourth-order valence-corrected chi connectivity index (χ4v) is 2.95. The first kappa shape index (κ1) is 12.7. The van der Waals surface area contributed by atoms with Crippen molar-refractivity contribution in [1.82, 2.24) is 9.55 Å². The zero-order valence-corrected chi connectivity index (χ0v) is 11.9. The molecule has 1 aliphatic carbocycles. The molecular formula is C18H12N2O2. The van der Waals surface area contributed by atoms with Crippen LogP contribution in [0.5, 0.6) is 0 Å². The molecule has 0 saturated heterocycles. The van der Waals surface area contributed by atoms with Gasteiger partial charge in [0.1, 0.15) is 11.5 Å². The summed E-state index contributed by atoms with van der Waals surface area (Å²) < 4.78 is 1.93. The molecule has 1 heterocycles. The van der Waals surface area contributed by atoms with Crippen LogP contribution in [0, 0.1) is 6.92 Å². The van der Waals surface area contributed by atoms with Crippen LogP contribution in [-0.4, -0.2) is 21.1 Å². The smallest absolute Gasteiger partial charge is 0.254 e. The van der Waals surface area contributed by atoms with E-state index in [0.29, 0.717) is 17.1 Å². The van der Waals surface area contributed by atoms with Gasteiger partial charge in [0, 0.05) is 16.8 Å². The summed E-state index contributed by atoms with van der Waals surface area (Å²) in [5, 5.41) is 0. The lowest BCUT2D eigenvalue weighted by atomic mass is 9.90. The van der Waals surface area contributed by atoms with Crippen molar-refractivity contribution in [1.29, 1.82) is 0 Å². The van der Waals surface area contributed by atoms with E-state index in [2.05, 4.69) is 4.98 Å². The minimum atomic E-state index is -0.536. The fraction of sp³-hybridized carbons (Fsp3) is 0.0556. The van der Waals surface area contributed by atoms with Crippen molar-refractivity contribution in [3.8, 4) is 16.9 Å². The number of hydrogen-bond donors (Lipinski definition) is 0. The van der Waals surface area contributed by atoms with Gasteiger partial charge in [-0.15, -0.1) is 0 Å². The Morgan fingerprint density at radius 1 is 0.818 bits per heavy atom. The second kappa shape index (κ2) is 4.49. The molecule has 0 radical (unpaired) electrons. The molecule has 4 rings (SSSR count). The van der Waals surface area contributed by atoms with Gasteiger partial charge in [-0.2, -0.15) is 0 Å². The predicted octanol–water partition coefficient (Wildman–Crippen LogP) is 3.23. The topological polar surface area (TPSA) is 52.0 Å². The van der Waals surface area contributed by atoms with Crippen molar-refractivity contribution in [2.24, 2.45) is 0 Å². The molecule has 0 aliphatic heterocycles. The number of nitrogens with zero attached hydrogens (tertiary/aromatic N) is 2. The molecule has 0 amide bonds. The molecule has 2 aromatic carbocycles. The van der Waals surface area contributed by atoms with Crippen molar-refractivity contribution in [2.45, 2.75) is 6.92 Å². The predicted molar refractivity (Wildman–Crippen MR) is 82.4 cm³/mol. The minimum Gasteiger partial charge on any atom is -0.296 e. The monoisotopic (exact) mass is 288 g/mol. The number of carbonyl (C=O) groups excluding carboxylic acids is 2. The van der Waals surface area contributed by atoms with Crippen LogP contribution in [0.4, 0.5) is 0 Å². The Labute approximate surface area is 127 Å². The number of para-hydroxylation sites is 1. The van der Waals surface area contributed by atoms with Crippen molar-refractivity contribution in [3.05, 3.63) is 71.7 Å². The summed E-state index contributed by atoms with van der Waals surface area (Å²) in [4.78, 5) is 28.9. The van der Waals surface area contributed by atoms with E-state index in [1.165, 1.54) is 0 Å². The summed E-state index contributed by atoms with van der Waals surface area (Å²) in [7, 11) is 0. The standard InChI is InChI=1S/C18H12N2O2/c1-11-19-15-16(20(11)12-7-3-2-4-8-12)13-9-5-6-10-14(13)17(21)18(15)22/h2-10H,1H3. The maximum atomic E-state index is 12.4. The van der Waals surface area contributed by atoms with E-state index >= 15 is 0 Å². The van der Waals surface area contributed by atoms with Gasteiger partial charge in [0.15, 0.2) is 0 Å². The number of carbonyl (C=O) groups is 2. The van der Waals surface area contributed by atoms with Crippen LogP contribution in [-0.2, 0) is 0 Å². The second-order valence-electron chi connectivity index (χ2n) is 5.23. The lowest BCUT2D eigenvalue weighted by molar-refractivity contribution is 0.0812. The Hall–Kier alpha value is -3.01. The van der Waals surface area contributed by atoms with Crippen molar-refractivity contribution < 1.29 is 9.59 Å². The van der Waals surface area contributed by atoms with Gasteiger partial charge >= 0.3 is 0 Å². The molecule has 22 heavy (non-hydrogen) atoms. The van der Waals surface area contributed by atoms with Gasteiger partial charge in [0.25, 0.3) is 5.78 Å². The van der Waals surface area contributed by atoms with Crippen LogP contribution in [0.25, 0.3) is 16.9 Å². The Balaban J connectivity index is 2.10. The highest BCUT2D eigenvalue weighted by molar-refractivity contribution is 6.52. The van der Waals surface area contributed by atoms with E-state index in [1.807, 2.05) is 54.0 Å². The highest BCUT2D eigenvalue weighted by Gasteiger charge is 2.35. The normalized spacial score (nSPS) is 13.0. The van der Waals surface area contributed by atoms with Crippen molar-refractivity contribution >= 4 is 11.6 Å². The lowest BCUT2D eigenvalue weighted by Crippen LogP contribution is -2.22. The quantitative estimate of drug-likeness (QED) is 0.646. The highest BCUT2D eigenvalue weighted by atomic mass is 16.2. The summed E-state index contributed by atoms with van der Waals surface area (Å²) in [6, 6.07) is 16.9. The first-order chi connectivity index (χ1) is 10.7. The molecule has 0 unspecified atom stereocenters. The zero-order chi connectivity index (χ0) is 15.3. The number of fused-ring (bicyclic) bond motifs is 3. The van der Waals surface area contributed by atoms with Crippen LogP contribution in [0.3, 0.4) is 0 Å². The van der Waals surface area contributed by atoms with Gasteiger partial charge < -0.3 is 0 Å². The third-order valence-corrected chi connectivity index (χ3v) is 3.91. The molecule has 1 aromatic heterocycles. The Morgan fingerprint density at radius 3 is 2.18 bits per heavy atom. The molecule has 0 fully saturated rings. The van der Waals surface area contributed by atoms with E-state index in [1.54, 1.807) is 12.1 Å². The molecule has 1 aliphatic rings. The average molecular weight is 288 g/mol. The number of aryl methyl sites for hydroxylation is 1. The number of hydrogen-bond acceptors (Lipinski definition) is 3. The molecule has 0 N–H and O–H groups in total. The van der Waals surface area contributed by atoms with Crippen LogP contribution in [0.2, 0.25) is 0 Å². The third-order valence-electron chi connectivity index (χ3n) is 3.91. The second-order valence-corrected chi connectivity index (χ2v) is 5.23. The summed E-state index contributed by atoms with van der Waals surface area (Å²) in [5.41, 5.74) is 3.06. The number of imidazole rings is 1. The van der Waals surface area contributed by atoms with Gasteiger partial charge in [0.05, 0.1) is 5.69 Å². The first-order valence-electron chi connectivity index (χ1n) is 7.01. The summed E-state index contributed by atoms with van der Waals surface area (Å²) in [6.07, 6.45) is 0. The Kier molecular flexibility index (Phi) is 2.60. The number of Topliss-reactive ketones (excluding diaryl/α,β-unsaturated/α-hetero) is 2. The van der Waals surface area contributed by atoms with Gasteiger partial charge in [0.2, 0.25) is 5.78 Å². The van der Waals surface area contributed by atoms with E-state index in [9.17, 15) is 9.59 Å².